The predicted octanol–water partition coefficient (Wildman–Crippen LogP) is 4.78. The average molecular weight is 282 g/mol. The quantitative estimate of drug-likeness (QED) is 0.466. The van der Waals surface area contributed by atoms with Gasteiger partial charge in [-0.1, -0.05) is 54.6 Å². The minimum Gasteiger partial charge on any atom is -0.159 e. The topological polar surface area (TPSA) is 3.88 Å². The third-order valence-electron chi connectivity index (χ3n) is 3.92. The fourth-order valence-corrected chi connectivity index (χ4v) is 2.82. The van der Waals surface area contributed by atoms with Gasteiger partial charge >= 0.3 is 0 Å². The fraction of sp³-hybridized carbons (Fsp3) is 0. The van der Waals surface area contributed by atoms with Crippen molar-refractivity contribution in [2.45, 2.75) is 0 Å². The van der Waals surface area contributed by atoms with Crippen LogP contribution in [0.2, 0.25) is 0 Å². The Labute approximate surface area is 130 Å². The van der Waals surface area contributed by atoms with Crippen molar-refractivity contribution in [2.75, 3.05) is 0 Å². The van der Waals surface area contributed by atoms with Crippen molar-refractivity contribution in [2.24, 2.45) is 0 Å². The highest BCUT2D eigenvalue weighted by Gasteiger charge is 2.16. The van der Waals surface area contributed by atoms with Gasteiger partial charge in [0, 0.05) is 29.1 Å². The van der Waals surface area contributed by atoms with Crippen molar-refractivity contribution >= 4 is 10.8 Å². The van der Waals surface area contributed by atoms with Crippen LogP contribution in [0.15, 0.2) is 97.2 Å². The van der Waals surface area contributed by atoms with Gasteiger partial charge in [0.15, 0.2) is 6.20 Å². The highest BCUT2D eigenvalue weighted by molar-refractivity contribution is 5.83. The van der Waals surface area contributed by atoms with Gasteiger partial charge in [0.25, 0.3) is 0 Å². The number of hydrogen-bond acceptors (Lipinski definition) is 0. The van der Waals surface area contributed by atoms with E-state index in [0.29, 0.717) is 0 Å². The van der Waals surface area contributed by atoms with Crippen LogP contribution in [0.3, 0.4) is 0 Å². The molecule has 0 radical (unpaired) electrons. The molecule has 3 aromatic carbocycles. The van der Waals surface area contributed by atoms with Crippen LogP contribution in [0.4, 0.5) is 0 Å². The van der Waals surface area contributed by atoms with Crippen LogP contribution < -0.4 is 4.57 Å². The smallest absolute Gasteiger partial charge is 0.159 e. The molecule has 4 aromatic rings. The van der Waals surface area contributed by atoms with Crippen LogP contribution in [0, 0.1) is 0 Å². The third kappa shape index (κ3) is 2.27. The largest absolute Gasteiger partial charge is 0.219 e. The number of hydrogen-bond donors (Lipinski definition) is 0. The highest BCUT2D eigenvalue weighted by Crippen LogP contribution is 2.22. The molecule has 1 heteroatoms. The minimum absolute atomic E-state index is 1.17. The molecule has 0 N–H and O–H groups in total. The number of pyridine rings is 1. The molecule has 0 unspecified atom stereocenters. The summed E-state index contributed by atoms with van der Waals surface area (Å²) in [5.74, 6) is 0. The normalized spacial score (nSPS) is 10.7. The Morgan fingerprint density at radius 3 is 1.86 bits per heavy atom. The van der Waals surface area contributed by atoms with E-state index < -0.39 is 0 Å². The van der Waals surface area contributed by atoms with Crippen molar-refractivity contribution in [1.29, 1.82) is 0 Å². The van der Waals surface area contributed by atoms with Crippen molar-refractivity contribution < 1.29 is 4.57 Å². The van der Waals surface area contributed by atoms with Gasteiger partial charge in [-0.2, -0.15) is 4.57 Å². The number of benzene rings is 3. The third-order valence-corrected chi connectivity index (χ3v) is 3.92. The maximum absolute atomic E-state index is 2.26. The molecule has 1 nitrogen and oxygen atoms in total. The van der Waals surface area contributed by atoms with E-state index >= 15 is 0 Å². The van der Waals surface area contributed by atoms with Crippen molar-refractivity contribution in [3.63, 3.8) is 0 Å². The molecule has 0 aliphatic carbocycles. The number of rotatable bonds is 2. The van der Waals surface area contributed by atoms with Gasteiger partial charge in [0.1, 0.15) is 0 Å². The Hall–Kier alpha value is -2.93. The lowest BCUT2D eigenvalue weighted by atomic mass is 10.1. The maximum atomic E-state index is 2.26. The van der Waals surface area contributed by atoms with E-state index in [1.165, 1.54) is 27.7 Å². The maximum Gasteiger partial charge on any atom is 0.219 e. The van der Waals surface area contributed by atoms with Crippen molar-refractivity contribution in [3.8, 4) is 16.9 Å². The van der Waals surface area contributed by atoms with Crippen LogP contribution in [0.25, 0.3) is 27.7 Å². The second kappa shape index (κ2) is 5.45. The van der Waals surface area contributed by atoms with Gasteiger partial charge in [-0.15, -0.1) is 0 Å². The second-order valence-electron chi connectivity index (χ2n) is 5.36. The lowest BCUT2D eigenvalue weighted by Gasteiger charge is -2.06. The fourth-order valence-electron chi connectivity index (χ4n) is 2.82. The Morgan fingerprint density at radius 2 is 1.14 bits per heavy atom. The summed E-state index contributed by atoms with van der Waals surface area (Å²) in [6.45, 7) is 0. The average Bonchev–Trinajstić information content (AvgIpc) is 2.62. The summed E-state index contributed by atoms with van der Waals surface area (Å²) in [4.78, 5) is 0. The predicted molar refractivity (Wildman–Crippen MR) is 90.9 cm³/mol. The monoisotopic (exact) mass is 282 g/mol. The number of nitrogens with zero attached hydrogens (tertiary/aromatic N) is 1. The first-order valence-corrected chi connectivity index (χ1v) is 7.47. The van der Waals surface area contributed by atoms with Crippen LogP contribution in [0.1, 0.15) is 0 Å². The van der Waals surface area contributed by atoms with Crippen LogP contribution in [-0.2, 0) is 0 Å². The van der Waals surface area contributed by atoms with Gasteiger partial charge in [-0.3, -0.25) is 0 Å². The zero-order chi connectivity index (χ0) is 14.8. The van der Waals surface area contributed by atoms with E-state index in [9.17, 15) is 0 Å². The second-order valence-corrected chi connectivity index (χ2v) is 5.36. The molecule has 1 heterocycles. The first-order valence-electron chi connectivity index (χ1n) is 7.47. The summed E-state index contributed by atoms with van der Waals surface area (Å²) in [6, 6.07) is 31.8. The molecule has 0 bridgehead atoms. The van der Waals surface area contributed by atoms with Gasteiger partial charge < -0.3 is 0 Å². The zero-order valence-corrected chi connectivity index (χ0v) is 12.2. The first kappa shape index (κ1) is 12.8. The molecule has 0 spiro atoms. The number of aromatic nitrogens is 1. The molecule has 22 heavy (non-hydrogen) atoms. The molecule has 0 saturated carbocycles. The molecule has 0 amide bonds. The Morgan fingerprint density at radius 1 is 0.545 bits per heavy atom. The summed E-state index contributed by atoms with van der Waals surface area (Å²) in [6.07, 6.45) is 2.22. The van der Waals surface area contributed by atoms with E-state index in [1.807, 2.05) is 6.07 Å². The lowest BCUT2D eigenvalue weighted by molar-refractivity contribution is -0.582. The van der Waals surface area contributed by atoms with Crippen LogP contribution >= 0.6 is 0 Å². The summed E-state index contributed by atoms with van der Waals surface area (Å²) in [7, 11) is 0. The van der Waals surface area contributed by atoms with E-state index in [0.717, 1.165) is 0 Å². The molecule has 0 aliphatic rings. The van der Waals surface area contributed by atoms with Gasteiger partial charge in [0.2, 0.25) is 11.4 Å². The molecule has 1 aromatic heterocycles. The SMILES string of the molecule is c1ccc(-c2cc3ccccc3c[n+]2-c2ccccc2)cc1. The standard InChI is InChI=1S/C21H16N/c1-3-9-17(10-4-1)21-15-18-11-7-8-12-19(18)16-22(21)20-13-5-2-6-14-20/h1-16H/q+1. The van der Waals surface area contributed by atoms with Crippen LogP contribution in [-0.4, -0.2) is 0 Å². The zero-order valence-electron chi connectivity index (χ0n) is 12.2. The summed E-state index contributed by atoms with van der Waals surface area (Å²) in [5.41, 5.74) is 3.59. The Balaban J connectivity index is 2.04. The number of para-hydroxylation sites is 1. The molecule has 4 rings (SSSR count). The van der Waals surface area contributed by atoms with Crippen molar-refractivity contribution in [3.05, 3.63) is 97.2 Å². The first-order chi connectivity index (χ1) is 10.9. The summed E-state index contributed by atoms with van der Waals surface area (Å²) >= 11 is 0. The highest BCUT2D eigenvalue weighted by atomic mass is 15.0. The lowest BCUT2D eigenvalue weighted by Crippen LogP contribution is -2.32. The van der Waals surface area contributed by atoms with Gasteiger partial charge in [-0.25, -0.2) is 0 Å². The molecule has 0 atom stereocenters. The van der Waals surface area contributed by atoms with Gasteiger partial charge in [-0.05, 0) is 23.6 Å². The summed E-state index contributed by atoms with van der Waals surface area (Å²) < 4.78 is 2.26. The van der Waals surface area contributed by atoms with Crippen LogP contribution in [0.5, 0.6) is 0 Å². The molecular weight excluding hydrogens is 266 g/mol. The van der Waals surface area contributed by atoms with E-state index in [1.54, 1.807) is 0 Å². The van der Waals surface area contributed by atoms with E-state index in [-0.39, 0.29) is 0 Å². The van der Waals surface area contributed by atoms with Gasteiger partial charge in [0.05, 0.1) is 0 Å². The molecule has 0 saturated heterocycles. The number of fused-ring (bicyclic) bond motifs is 1. The summed E-state index contributed by atoms with van der Waals surface area (Å²) in [5, 5.41) is 2.50. The molecule has 104 valence electrons. The Kier molecular flexibility index (Phi) is 3.17. The Bertz CT molecular complexity index is 834. The van der Waals surface area contributed by atoms with E-state index in [2.05, 4.69) is 95.7 Å². The molecule has 0 aliphatic heterocycles. The van der Waals surface area contributed by atoms with Crippen molar-refractivity contribution in [1.82, 2.24) is 0 Å². The molecule has 0 fully saturated rings. The van der Waals surface area contributed by atoms with E-state index in [4.69, 9.17) is 0 Å². The minimum atomic E-state index is 1.17. The molecular formula is C21H16N+.